The van der Waals surface area contributed by atoms with Crippen molar-refractivity contribution in [1.82, 2.24) is 0 Å². The van der Waals surface area contributed by atoms with Crippen LogP contribution in [0, 0.1) is 6.92 Å². The minimum absolute atomic E-state index is 0.293. The van der Waals surface area contributed by atoms with E-state index in [1.165, 1.54) is 26.7 Å². The number of hydrogen-bond donors (Lipinski definition) is 0. The molecule has 0 bridgehead atoms. The third-order valence-corrected chi connectivity index (χ3v) is 5.71. The Balaban J connectivity index is 1.99. The Hall–Kier alpha value is -1.79. The number of halogens is 1. The maximum atomic E-state index is 6.04. The second-order valence-electron chi connectivity index (χ2n) is 5.34. The van der Waals surface area contributed by atoms with Gasteiger partial charge in [-0.3, -0.25) is 0 Å². The monoisotopic (exact) mass is 384 g/mol. The zero-order valence-electron chi connectivity index (χ0n) is 12.9. The normalized spacial score (nSPS) is 11.5. The summed E-state index contributed by atoms with van der Waals surface area (Å²) in [7, 11) is 0. The second-order valence-corrected chi connectivity index (χ2v) is 7.75. The Bertz CT molecular complexity index is 740. The predicted molar refractivity (Wildman–Crippen MR) is 102 cm³/mol. The fourth-order valence-electron chi connectivity index (χ4n) is 2.29. The van der Waals surface area contributed by atoms with Crippen LogP contribution in [0.25, 0.3) is 5.57 Å². The van der Waals surface area contributed by atoms with Gasteiger partial charge in [0, 0.05) is 0 Å². The van der Waals surface area contributed by atoms with Crippen LogP contribution >= 0.6 is 11.6 Å². The molecule has 0 aliphatic rings. The second kappa shape index (κ2) is 7.66. The zero-order chi connectivity index (χ0) is 16.1. The van der Waals surface area contributed by atoms with Crippen LogP contribution < -0.4 is 4.46 Å². The van der Waals surface area contributed by atoms with Crippen LogP contribution in [-0.4, -0.2) is 15.0 Å². The van der Waals surface area contributed by atoms with E-state index in [0.29, 0.717) is 15.0 Å². The summed E-state index contributed by atoms with van der Waals surface area (Å²) < 4.78 is 1.37. The van der Waals surface area contributed by atoms with Crippen molar-refractivity contribution in [2.45, 2.75) is 6.92 Å². The number of benzene rings is 3. The molecule has 0 aromatic heterocycles. The van der Waals surface area contributed by atoms with Crippen molar-refractivity contribution < 1.29 is 0 Å². The molecule has 114 valence electrons. The van der Waals surface area contributed by atoms with Gasteiger partial charge in [0.15, 0.2) is 0 Å². The van der Waals surface area contributed by atoms with E-state index in [4.69, 9.17) is 11.6 Å². The van der Waals surface area contributed by atoms with Gasteiger partial charge in [0.25, 0.3) is 0 Å². The Morgan fingerprint density at radius 1 is 0.783 bits per heavy atom. The third kappa shape index (κ3) is 4.36. The summed E-state index contributed by atoms with van der Waals surface area (Å²) in [5.41, 5.74) is 5.00. The summed E-state index contributed by atoms with van der Waals surface area (Å²) >= 11 is 6.33. The third-order valence-electron chi connectivity index (χ3n) is 3.57. The quantitative estimate of drug-likeness (QED) is 0.552. The zero-order valence-corrected chi connectivity index (χ0v) is 15.3. The van der Waals surface area contributed by atoms with Gasteiger partial charge in [0.2, 0.25) is 0 Å². The Morgan fingerprint density at radius 2 is 1.35 bits per heavy atom. The molecule has 0 aliphatic carbocycles. The fourth-order valence-corrected chi connectivity index (χ4v) is 4.18. The summed E-state index contributed by atoms with van der Waals surface area (Å²) in [5, 5.41) is 0.769. The van der Waals surface area contributed by atoms with Gasteiger partial charge in [-0.05, 0) is 0 Å². The van der Waals surface area contributed by atoms with E-state index in [-0.39, 0.29) is 0 Å². The maximum absolute atomic E-state index is 6.04. The number of aryl methyl sites for hydroxylation is 1. The summed E-state index contributed by atoms with van der Waals surface area (Å²) in [5.74, 6) is 0. The van der Waals surface area contributed by atoms with Gasteiger partial charge >= 0.3 is 149 Å². The molecule has 3 aromatic rings. The van der Waals surface area contributed by atoms with Gasteiger partial charge in [0.05, 0.1) is 0 Å². The standard InChI is InChI=1S/C21H17ClSe/c1-16-7-9-17(10-8-16)21(18-11-13-19(22)14-12-18)15-23-20-5-3-2-4-6-20/h2-15H,1H3. The summed E-state index contributed by atoms with van der Waals surface area (Å²) in [6.45, 7) is 2.11. The van der Waals surface area contributed by atoms with E-state index in [2.05, 4.69) is 78.6 Å². The molecule has 0 fully saturated rings. The molecule has 23 heavy (non-hydrogen) atoms. The molecule has 0 nitrogen and oxygen atoms in total. The topological polar surface area (TPSA) is 0 Å². The van der Waals surface area contributed by atoms with Crippen LogP contribution in [0.2, 0.25) is 5.02 Å². The first-order valence-electron chi connectivity index (χ1n) is 7.47. The van der Waals surface area contributed by atoms with Gasteiger partial charge in [-0.15, -0.1) is 0 Å². The van der Waals surface area contributed by atoms with E-state index in [9.17, 15) is 0 Å². The van der Waals surface area contributed by atoms with Crippen molar-refractivity contribution in [2.75, 3.05) is 0 Å². The van der Waals surface area contributed by atoms with Crippen LogP contribution in [0.5, 0.6) is 0 Å². The van der Waals surface area contributed by atoms with Crippen LogP contribution in [-0.2, 0) is 0 Å². The van der Waals surface area contributed by atoms with Crippen molar-refractivity contribution in [1.29, 1.82) is 0 Å². The average Bonchev–Trinajstić information content (AvgIpc) is 2.59. The van der Waals surface area contributed by atoms with Gasteiger partial charge < -0.3 is 0 Å². The van der Waals surface area contributed by atoms with Crippen LogP contribution in [0.3, 0.4) is 0 Å². The molecule has 0 N–H and O–H groups in total. The molecule has 0 spiro atoms. The number of hydrogen-bond acceptors (Lipinski definition) is 0. The molecule has 3 rings (SSSR count). The molecule has 0 unspecified atom stereocenters. The van der Waals surface area contributed by atoms with Crippen molar-refractivity contribution in [2.24, 2.45) is 0 Å². The summed E-state index contributed by atoms with van der Waals surface area (Å²) in [6.07, 6.45) is 0. The Labute approximate surface area is 149 Å². The van der Waals surface area contributed by atoms with Crippen LogP contribution in [0.15, 0.2) is 83.8 Å². The summed E-state index contributed by atoms with van der Waals surface area (Å²) in [6, 6.07) is 27.4. The van der Waals surface area contributed by atoms with Crippen molar-refractivity contribution >= 4 is 36.6 Å². The molecule has 2 heteroatoms. The molecule has 0 saturated heterocycles. The average molecular weight is 384 g/mol. The SMILES string of the molecule is Cc1ccc(C(=C[Se]c2ccccc2)c2ccc(Cl)cc2)cc1. The van der Waals surface area contributed by atoms with E-state index in [1.54, 1.807) is 0 Å². The minimum atomic E-state index is 0.293. The summed E-state index contributed by atoms with van der Waals surface area (Å²) in [4.78, 5) is 2.36. The first-order valence-corrected chi connectivity index (χ1v) is 9.69. The van der Waals surface area contributed by atoms with Crippen molar-refractivity contribution in [3.05, 3.63) is 106 Å². The molecule has 0 atom stereocenters. The molecular weight excluding hydrogens is 367 g/mol. The molecule has 0 heterocycles. The van der Waals surface area contributed by atoms with E-state index < -0.39 is 0 Å². The van der Waals surface area contributed by atoms with Gasteiger partial charge in [-0.1, -0.05) is 0 Å². The number of rotatable bonds is 4. The van der Waals surface area contributed by atoms with Crippen molar-refractivity contribution in [3.8, 4) is 0 Å². The van der Waals surface area contributed by atoms with Crippen LogP contribution in [0.1, 0.15) is 16.7 Å². The fraction of sp³-hybridized carbons (Fsp3) is 0.0476. The van der Waals surface area contributed by atoms with E-state index >= 15 is 0 Å². The van der Waals surface area contributed by atoms with Gasteiger partial charge in [-0.2, -0.15) is 0 Å². The molecule has 0 aliphatic heterocycles. The molecule has 0 saturated carbocycles. The first-order chi connectivity index (χ1) is 11.2. The van der Waals surface area contributed by atoms with Crippen molar-refractivity contribution in [3.63, 3.8) is 0 Å². The molecule has 0 radical (unpaired) electrons. The molecule has 3 aromatic carbocycles. The first kappa shape index (κ1) is 16.1. The van der Waals surface area contributed by atoms with E-state index in [1.807, 2.05) is 12.1 Å². The predicted octanol–water partition coefficient (Wildman–Crippen LogP) is 5.07. The molecule has 0 amide bonds. The Morgan fingerprint density at radius 3 is 1.96 bits per heavy atom. The molecular formula is C21H17ClSe. The van der Waals surface area contributed by atoms with Crippen LogP contribution in [0.4, 0.5) is 0 Å². The van der Waals surface area contributed by atoms with E-state index in [0.717, 1.165) is 5.02 Å². The van der Waals surface area contributed by atoms with Gasteiger partial charge in [-0.25, -0.2) is 0 Å². The Kier molecular flexibility index (Phi) is 5.35. The van der Waals surface area contributed by atoms with Gasteiger partial charge in [0.1, 0.15) is 0 Å².